The standard InChI is InChI=1S/C14H15ClN2O2/c1-9-10(2)17(8-16-9)7-13(18)11-4-5-14(19-3)12(15)6-11/h4-6,8H,7H2,1-3H3. The van der Waals surface area contributed by atoms with Gasteiger partial charge in [0.1, 0.15) is 5.75 Å². The molecule has 0 fully saturated rings. The third-order valence-corrected chi connectivity index (χ3v) is 3.43. The summed E-state index contributed by atoms with van der Waals surface area (Å²) in [5.41, 5.74) is 2.49. The molecule has 0 atom stereocenters. The normalized spacial score (nSPS) is 10.5. The van der Waals surface area contributed by atoms with Crippen LogP contribution in [0, 0.1) is 13.8 Å². The molecule has 0 unspecified atom stereocenters. The topological polar surface area (TPSA) is 44.1 Å². The van der Waals surface area contributed by atoms with Gasteiger partial charge in [0, 0.05) is 11.3 Å². The molecule has 0 aliphatic carbocycles. The molecule has 0 N–H and O–H groups in total. The molecule has 2 rings (SSSR count). The highest BCUT2D eigenvalue weighted by atomic mass is 35.5. The molecule has 0 amide bonds. The molecule has 0 radical (unpaired) electrons. The number of halogens is 1. The van der Waals surface area contributed by atoms with E-state index in [1.165, 1.54) is 0 Å². The molecule has 1 aromatic carbocycles. The molecule has 0 saturated carbocycles. The molecule has 0 aliphatic rings. The molecular formula is C14H15ClN2O2. The summed E-state index contributed by atoms with van der Waals surface area (Å²) >= 11 is 6.02. The van der Waals surface area contributed by atoms with E-state index >= 15 is 0 Å². The van der Waals surface area contributed by atoms with E-state index in [4.69, 9.17) is 16.3 Å². The highest BCUT2D eigenvalue weighted by molar-refractivity contribution is 6.32. The number of imidazole rings is 1. The van der Waals surface area contributed by atoms with Crippen LogP contribution in [0.25, 0.3) is 0 Å². The van der Waals surface area contributed by atoms with Gasteiger partial charge in [0.25, 0.3) is 0 Å². The number of hydrogen-bond acceptors (Lipinski definition) is 3. The molecule has 1 heterocycles. The molecule has 0 spiro atoms. The number of aryl methyl sites for hydroxylation is 1. The molecule has 5 heteroatoms. The van der Waals surface area contributed by atoms with E-state index in [9.17, 15) is 4.79 Å². The first-order valence-corrected chi connectivity index (χ1v) is 6.25. The average molecular weight is 279 g/mol. The van der Waals surface area contributed by atoms with Crippen LogP contribution in [0.4, 0.5) is 0 Å². The van der Waals surface area contributed by atoms with Crippen LogP contribution in [0.2, 0.25) is 5.02 Å². The van der Waals surface area contributed by atoms with Crippen molar-refractivity contribution in [2.24, 2.45) is 0 Å². The molecular weight excluding hydrogens is 264 g/mol. The lowest BCUT2D eigenvalue weighted by molar-refractivity contribution is 0.0971. The zero-order valence-corrected chi connectivity index (χ0v) is 11.9. The number of methoxy groups -OCH3 is 1. The molecule has 19 heavy (non-hydrogen) atoms. The number of carbonyl (C=O) groups excluding carboxylic acids is 1. The van der Waals surface area contributed by atoms with Crippen molar-refractivity contribution in [1.29, 1.82) is 0 Å². The Morgan fingerprint density at radius 2 is 2.16 bits per heavy atom. The Labute approximate surface area is 117 Å². The van der Waals surface area contributed by atoms with Crippen LogP contribution in [0.15, 0.2) is 24.5 Å². The van der Waals surface area contributed by atoms with Crippen molar-refractivity contribution in [3.05, 3.63) is 46.5 Å². The largest absolute Gasteiger partial charge is 0.495 e. The number of benzene rings is 1. The van der Waals surface area contributed by atoms with Gasteiger partial charge < -0.3 is 9.30 Å². The Morgan fingerprint density at radius 3 is 2.68 bits per heavy atom. The van der Waals surface area contributed by atoms with Crippen molar-refractivity contribution in [3.63, 3.8) is 0 Å². The smallest absolute Gasteiger partial charge is 0.182 e. The Bertz CT molecular complexity index is 620. The summed E-state index contributed by atoms with van der Waals surface area (Å²) in [6, 6.07) is 5.04. The van der Waals surface area contributed by atoms with Crippen LogP contribution >= 0.6 is 11.6 Å². The van der Waals surface area contributed by atoms with Gasteiger partial charge in [-0.2, -0.15) is 0 Å². The van der Waals surface area contributed by atoms with Gasteiger partial charge in [0.2, 0.25) is 0 Å². The second-order valence-corrected chi connectivity index (χ2v) is 4.72. The Kier molecular flexibility index (Phi) is 3.90. The van der Waals surface area contributed by atoms with Crippen molar-refractivity contribution in [2.75, 3.05) is 7.11 Å². The maximum Gasteiger partial charge on any atom is 0.182 e. The van der Waals surface area contributed by atoms with Gasteiger partial charge in [-0.1, -0.05) is 11.6 Å². The van der Waals surface area contributed by atoms with E-state index < -0.39 is 0 Å². The average Bonchev–Trinajstić information content (AvgIpc) is 2.70. The van der Waals surface area contributed by atoms with Crippen molar-refractivity contribution in [2.45, 2.75) is 20.4 Å². The summed E-state index contributed by atoms with van der Waals surface area (Å²) in [5, 5.41) is 0.437. The van der Waals surface area contributed by atoms with Gasteiger partial charge in [-0.15, -0.1) is 0 Å². The molecule has 100 valence electrons. The van der Waals surface area contributed by atoms with Gasteiger partial charge in [-0.25, -0.2) is 4.98 Å². The van der Waals surface area contributed by atoms with E-state index in [2.05, 4.69) is 4.98 Å². The molecule has 0 aliphatic heterocycles. The van der Waals surface area contributed by atoms with Crippen LogP contribution in [0.3, 0.4) is 0 Å². The third-order valence-electron chi connectivity index (χ3n) is 3.13. The summed E-state index contributed by atoms with van der Waals surface area (Å²) in [6.45, 7) is 4.12. The van der Waals surface area contributed by atoms with E-state index in [0.717, 1.165) is 11.4 Å². The minimum atomic E-state index is -0.00921. The van der Waals surface area contributed by atoms with Gasteiger partial charge in [-0.05, 0) is 32.0 Å². The Hall–Kier alpha value is -1.81. The second kappa shape index (κ2) is 5.45. The highest BCUT2D eigenvalue weighted by Gasteiger charge is 2.11. The molecule has 4 nitrogen and oxygen atoms in total. The minimum absolute atomic E-state index is 0.00921. The first-order chi connectivity index (χ1) is 9.02. The van der Waals surface area contributed by atoms with E-state index in [1.54, 1.807) is 31.6 Å². The molecule has 0 saturated heterocycles. The SMILES string of the molecule is COc1ccc(C(=O)Cn2cnc(C)c2C)cc1Cl. The van der Waals surface area contributed by atoms with E-state index in [-0.39, 0.29) is 12.3 Å². The first-order valence-electron chi connectivity index (χ1n) is 5.88. The van der Waals surface area contributed by atoms with Crippen molar-refractivity contribution in [3.8, 4) is 5.75 Å². The Balaban J connectivity index is 2.21. The van der Waals surface area contributed by atoms with Crippen LogP contribution in [0.1, 0.15) is 21.7 Å². The summed E-state index contributed by atoms with van der Waals surface area (Å²) in [7, 11) is 1.54. The van der Waals surface area contributed by atoms with E-state index in [1.807, 2.05) is 18.4 Å². The summed E-state index contributed by atoms with van der Waals surface area (Å²) in [5.74, 6) is 0.554. The zero-order valence-electron chi connectivity index (χ0n) is 11.1. The number of carbonyl (C=O) groups is 1. The van der Waals surface area contributed by atoms with Crippen LogP contribution in [-0.2, 0) is 6.54 Å². The zero-order chi connectivity index (χ0) is 14.0. The fraction of sp³-hybridized carbons (Fsp3) is 0.286. The van der Waals surface area contributed by atoms with Crippen LogP contribution in [0.5, 0.6) is 5.75 Å². The highest BCUT2D eigenvalue weighted by Crippen LogP contribution is 2.25. The lowest BCUT2D eigenvalue weighted by Gasteiger charge is -2.07. The number of ether oxygens (including phenoxy) is 1. The van der Waals surface area contributed by atoms with Gasteiger partial charge >= 0.3 is 0 Å². The summed E-state index contributed by atoms with van der Waals surface area (Å²) in [6.07, 6.45) is 1.67. The third kappa shape index (κ3) is 2.79. The summed E-state index contributed by atoms with van der Waals surface area (Å²) in [4.78, 5) is 16.4. The van der Waals surface area contributed by atoms with Gasteiger partial charge in [0.15, 0.2) is 5.78 Å². The minimum Gasteiger partial charge on any atom is -0.495 e. The monoisotopic (exact) mass is 278 g/mol. The number of Topliss-reactive ketones (excluding diaryl/α,β-unsaturated/α-hetero) is 1. The van der Waals surface area contributed by atoms with Crippen molar-refractivity contribution >= 4 is 17.4 Å². The summed E-state index contributed by atoms with van der Waals surface area (Å²) < 4.78 is 6.89. The number of nitrogens with zero attached hydrogens (tertiary/aromatic N) is 2. The number of hydrogen-bond donors (Lipinski definition) is 0. The van der Waals surface area contributed by atoms with Gasteiger partial charge in [-0.3, -0.25) is 4.79 Å². The Morgan fingerprint density at radius 1 is 1.42 bits per heavy atom. The predicted octanol–water partition coefficient (Wildman–Crippen LogP) is 3.04. The van der Waals surface area contributed by atoms with Crippen molar-refractivity contribution in [1.82, 2.24) is 9.55 Å². The van der Waals surface area contributed by atoms with Crippen LogP contribution in [-0.4, -0.2) is 22.4 Å². The molecule has 1 aromatic heterocycles. The molecule has 2 aromatic rings. The number of aromatic nitrogens is 2. The number of rotatable bonds is 4. The quantitative estimate of drug-likeness (QED) is 0.808. The maximum atomic E-state index is 12.2. The van der Waals surface area contributed by atoms with E-state index in [0.29, 0.717) is 16.3 Å². The first kappa shape index (κ1) is 13.6. The fourth-order valence-corrected chi connectivity index (χ4v) is 2.05. The number of ketones is 1. The predicted molar refractivity (Wildman–Crippen MR) is 74.0 cm³/mol. The molecule has 0 bridgehead atoms. The van der Waals surface area contributed by atoms with Crippen molar-refractivity contribution < 1.29 is 9.53 Å². The maximum absolute atomic E-state index is 12.2. The lowest BCUT2D eigenvalue weighted by atomic mass is 10.1. The lowest BCUT2D eigenvalue weighted by Crippen LogP contribution is -2.11. The van der Waals surface area contributed by atoms with Crippen LogP contribution < -0.4 is 4.74 Å². The van der Waals surface area contributed by atoms with Gasteiger partial charge in [0.05, 0.1) is 30.7 Å². The second-order valence-electron chi connectivity index (χ2n) is 4.32. The fourth-order valence-electron chi connectivity index (χ4n) is 1.79.